The molecule has 106 valence electrons. The van der Waals surface area contributed by atoms with Crippen molar-refractivity contribution in [3.63, 3.8) is 0 Å². The molecule has 0 aromatic heterocycles. The van der Waals surface area contributed by atoms with Crippen molar-refractivity contribution in [1.29, 1.82) is 0 Å². The number of benzene rings is 1. The van der Waals surface area contributed by atoms with E-state index >= 15 is 0 Å². The van der Waals surface area contributed by atoms with E-state index in [1.165, 1.54) is 0 Å². The lowest BCUT2D eigenvalue weighted by atomic mass is 9.95. The van der Waals surface area contributed by atoms with Crippen molar-refractivity contribution in [2.24, 2.45) is 0 Å². The van der Waals surface area contributed by atoms with E-state index in [9.17, 15) is 8.42 Å². The fraction of sp³-hybridized carbons (Fsp3) is 0.571. The topological polar surface area (TPSA) is 52.6 Å². The van der Waals surface area contributed by atoms with Gasteiger partial charge in [-0.3, -0.25) is 4.18 Å². The van der Waals surface area contributed by atoms with E-state index in [0.29, 0.717) is 0 Å². The maximum atomic E-state index is 12.2. The third-order valence-electron chi connectivity index (χ3n) is 3.50. The Hall–Kier alpha value is -0.910. The van der Waals surface area contributed by atoms with Crippen LogP contribution in [0.1, 0.15) is 31.2 Å². The Morgan fingerprint density at radius 1 is 1.05 bits per heavy atom. The molecule has 0 amide bonds. The van der Waals surface area contributed by atoms with Gasteiger partial charge in [0.05, 0.1) is 11.0 Å². The molecule has 0 aliphatic heterocycles. The first kappa shape index (κ1) is 14.5. The minimum atomic E-state index is -3.70. The Kier molecular flexibility index (Phi) is 4.60. The normalized spacial score (nSPS) is 24.3. The van der Waals surface area contributed by atoms with E-state index < -0.39 is 10.1 Å². The predicted molar refractivity (Wildman–Crippen MR) is 72.5 cm³/mol. The summed E-state index contributed by atoms with van der Waals surface area (Å²) < 4.78 is 35.1. The Balaban J connectivity index is 2.14. The van der Waals surface area contributed by atoms with E-state index in [1.807, 2.05) is 6.92 Å². The molecule has 5 heteroatoms. The highest BCUT2D eigenvalue weighted by atomic mass is 32.2. The van der Waals surface area contributed by atoms with Gasteiger partial charge in [-0.15, -0.1) is 0 Å². The van der Waals surface area contributed by atoms with E-state index in [0.717, 1.165) is 31.2 Å². The molecule has 1 aliphatic carbocycles. The minimum Gasteiger partial charge on any atom is -0.379 e. The van der Waals surface area contributed by atoms with Crippen LogP contribution in [0.2, 0.25) is 0 Å². The Morgan fingerprint density at radius 2 is 1.63 bits per heavy atom. The van der Waals surface area contributed by atoms with Gasteiger partial charge in [0.15, 0.2) is 0 Å². The monoisotopic (exact) mass is 284 g/mol. The first-order valence-corrected chi connectivity index (χ1v) is 7.96. The molecule has 1 aliphatic rings. The van der Waals surface area contributed by atoms with Crippen LogP contribution in [0.4, 0.5) is 0 Å². The molecule has 0 saturated heterocycles. The van der Waals surface area contributed by atoms with Gasteiger partial charge in [-0.25, -0.2) is 0 Å². The van der Waals surface area contributed by atoms with Crippen molar-refractivity contribution in [2.45, 2.75) is 49.7 Å². The third kappa shape index (κ3) is 3.55. The van der Waals surface area contributed by atoms with Crippen LogP contribution in [0.5, 0.6) is 0 Å². The molecule has 0 unspecified atom stereocenters. The number of rotatable bonds is 4. The molecule has 1 saturated carbocycles. The molecular formula is C14H20O4S. The highest BCUT2D eigenvalue weighted by molar-refractivity contribution is 7.86. The van der Waals surface area contributed by atoms with Crippen molar-refractivity contribution < 1.29 is 17.3 Å². The largest absolute Gasteiger partial charge is 0.379 e. The van der Waals surface area contributed by atoms with E-state index in [1.54, 1.807) is 31.4 Å². The molecule has 0 heterocycles. The van der Waals surface area contributed by atoms with Gasteiger partial charge >= 0.3 is 0 Å². The van der Waals surface area contributed by atoms with Gasteiger partial charge in [0, 0.05) is 7.11 Å². The van der Waals surface area contributed by atoms with Crippen LogP contribution >= 0.6 is 0 Å². The molecule has 1 fully saturated rings. The summed E-state index contributed by atoms with van der Waals surface area (Å²) >= 11 is 0. The Morgan fingerprint density at radius 3 is 2.21 bits per heavy atom. The summed E-state index contributed by atoms with van der Waals surface area (Å²) in [5, 5.41) is 0. The van der Waals surface area contributed by atoms with Crippen molar-refractivity contribution in [3.05, 3.63) is 29.8 Å². The van der Waals surface area contributed by atoms with Gasteiger partial charge in [0.2, 0.25) is 0 Å². The Bertz CT molecular complexity index is 507. The van der Waals surface area contributed by atoms with Gasteiger partial charge in [-0.05, 0) is 31.9 Å². The van der Waals surface area contributed by atoms with E-state index in [-0.39, 0.29) is 17.1 Å². The van der Waals surface area contributed by atoms with Crippen LogP contribution in [0, 0.1) is 6.92 Å². The molecule has 0 bridgehead atoms. The summed E-state index contributed by atoms with van der Waals surface area (Å²) in [5.74, 6) is 0. The van der Waals surface area contributed by atoms with Crippen molar-refractivity contribution >= 4 is 10.1 Å². The molecular weight excluding hydrogens is 264 g/mol. The molecule has 1 aromatic carbocycles. The van der Waals surface area contributed by atoms with Crippen molar-refractivity contribution in [3.8, 4) is 0 Å². The lowest BCUT2D eigenvalue weighted by molar-refractivity contribution is -0.0200. The van der Waals surface area contributed by atoms with Gasteiger partial charge in [-0.1, -0.05) is 30.5 Å². The molecule has 0 N–H and O–H groups in total. The fourth-order valence-corrected chi connectivity index (χ4v) is 3.49. The molecule has 0 spiro atoms. The lowest BCUT2D eigenvalue weighted by Crippen LogP contribution is -2.35. The number of hydrogen-bond acceptors (Lipinski definition) is 4. The third-order valence-corrected chi connectivity index (χ3v) is 4.85. The molecule has 2 atom stereocenters. The maximum absolute atomic E-state index is 12.2. The van der Waals surface area contributed by atoms with Crippen LogP contribution in [0.25, 0.3) is 0 Å². The van der Waals surface area contributed by atoms with Crippen LogP contribution in [-0.2, 0) is 19.0 Å². The standard InChI is InChI=1S/C14H20O4S/c1-11-7-9-12(10-8-11)19(15,16)18-14-6-4-3-5-13(14)17-2/h7-10,13-14H,3-6H2,1-2H3/t13-,14-/m0/s1. The second-order valence-electron chi connectivity index (χ2n) is 4.96. The average Bonchev–Trinajstić information content (AvgIpc) is 2.39. The zero-order valence-electron chi connectivity index (χ0n) is 11.3. The van der Waals surface area contributed by atoms with Crippen LogP contribution in [0.15, 0.2) is 29.2 Å². The molecule has 1 aromatic rings. The average molecular weight is 284 g/mol. The SMILES string of the molecule is CO[C@H]1CCCC[C@@H]1OS(=O)(=O)c1ccc(C)cc1. The van der Waals surface area contributed by atoms with Gasteiger partial charge in [-0.2, -0.15) is 8.42 Å². The van der Waals surface area contributed by atoms with Gasteiger partial charge in [0.1, 0.15) is 6.10 Å². The zero-order chi connectivity index (χ0) is 13.9. The number of ether oxygens (including phenoxy) is 1. The number of hydrogen-bond donors (Lipinski definition) is 0. The summed E-state index contributed by atoms with van der Waals surface area (Å²) in [5.41, 5.74) is 1.02. The molecule has 19 heavy (non-hydrogen) atoms. The second-order valence-corrected chi connectivity index (χ2v) is 6.53. The summed E-state index contributed by atoms with van der Waals surface area (Å²) in [7, 11) is -2.10. The quantitative estimate of drug-likeness (QED) is 0.798. The number of methoxy groups -OCH3 is 1. The first-order valence-electron chi connectivity index (χ1n) is 6.55. The highest BCUT2D eigenvalue weighted by Crippen LogP contribution is 2.26. The maximum Gasteiger partial charge on any atom is 0.297 e. The lowest BCUT2D eigenvalue weighted by Gasteiger charge is -2.29. The summed E-state index contributed by atoms with van der Waals surface area (Å²) in [6.45, 7) is 1.92. The summed E-state index contributed by atoms with van der Waals surface area (Å²) in [4.78, 5) is 0.207. The predicted octanol–water partition coefficient (Wildman–Crippen LogP) is 2.66. The van der Waals surface area contributed by atoms with Crippen molar-refractivity contribution in [1.82, 2.24) is 0 Å². The van der Waals surface area contributed by atoms with Crippen molar-refractivity contribution in [2.75, 3.05) is 7.11 Å². The highest BCUT2D eigenvalue weighted by Gasteiger charge is 2.31. The van der Waals surface area contributed by atoms with E-state index in [4.69, 9.17) is 8.92 Å². The summed E-state index contributed by atoms with van der Waals surface area (Å²) in [6.07, 6.45) is 3.12. The van der Waals surface area contributed by atoms with Gasteiger partial charge in [0.25, 0.3) is 10.1 Å². The fourth-order valence-electron chi connectivity index (χ4n) is 2.37. The molecule has 2 rings (SSSR count). The Labute approximate surface area is 114 Å². The van der Waals surface area contributed by atoms with Crippen LogP contribution in [0.3, 0.4) is 0 Å². The van der Waals surface area contributed by atoms with E-state index in [2.05, 4.69) is 0 Å². The minimum absolute atomic E-state index is 0.131. The summed E-state index contributed by atoms with van der Waals surface area (Å²) in [6, 6.07) is 6.69. The van der Waals surface area contributed by atoms with Gasteiger partial charge < -0.3 is 4.74 Å². The number of aryl methyl sites for hydroxylation is 1. The smallest absolute Gasteiger partial charge is 0.297 e. The molecule has 4 nitrogen and oxygen atoms in total. The zero-order valence-corrected chi connectivity index (χ0v) is 12.2. The van der Waals surface area contributed by atoms with Crippen LogP contribution < -0.4 is 0 Å². The second kappa shape index (κ2) is 6.03. The molecule has 0 radical (unpaired) electrons. The first-order chi connectivity index (χ1) is 9.03. The van der Waals surface area contributed by atoms with Crippen LogP contribution in [-0.4, -0.2) is 27.7 Å².